The van der Waals surface area contributed by atoms with Crippen molar-refractivity contribution in [1.29, 1.82) is 0 Å². The van der Waals surface area contributed by atoms with Crippen molar-refractivity contribution in [1.82, 2.24) is 0 Å². The Kier molecular flexibility index (Phi) is 69.3. The highest BCUT2D eigenvalue weighted by Gasteiger charge is 2.30. The zero-order valence-electron chi connectivity index (χ0n) is 64.1. The first-order valence-electron chi connectivity index (χ1n) is 41.0. The van der Waals surface area contributed by atoms with Crippen molar-refractivity contribution in [3.63, 3.8) is 0 Å². The molecule has 98 heavy (non-hydrogen) atoms. The molecule has 0 saturated heterocycles. The summed E-state index contributed by atoms with van der Waals surface area (Å²) in [5.41, 5.74) is 0. The van der Waals surface area contributed by atoms with Gasteiger partial charge in [0.2, 0.25) is 0 Å². The smallest absolute Gasteiger partial charge is 0.462 e. The second-order valence-electron chi connectivity index (χ2n) is 29.2. The van der Waals surface area contributed by atoms with E-state index in [0.717, 1.165) is 102 Å². The molecule has 0 rings (SSSR count). The molecule has 0 aliphatic carbocycles. The molecule has 582 valence electrons. The molecule has 0 heterocycles. The van der Waals surface area contributed by atoms with Crippen LogP contribution in [-0.4, -0.2) is 96.7 Å². The van der Waals surface area contributed by atoms with Crippen LogP contribution in [-0.2, 0) is 65.4 Å². The average Bonchev–Trinajstić information content (AvgIpc) is 1.17. The Bertz CT molecular complexity index is 1890. The molecule has 0 aromatic rings. The van der Waals surface area contributed by atoms with Crippen LogP contribution in [0.25, 0.3) is 0 Å². The maximum absolute atomic E-state index is 13.1. The number of aliphatic hydroxyl groups is 1. The van der Waals surface area contributed by atoms with Crippen molar-refractivity contribution in [3.05, 3.63) is 0 Å². The van der Waals surface area contributed by atoms with Crippen LogP contribution in [0.3, 0.4) is 0 Å². The summed E-state index contributed by atoms with van der Waals surface area (Å²) in [6.45, 7) is 9.68. The molecule has 17 nitrogen and oxygen atoms in total. The Morgan fingerprint density at radius 1 is 0.296 bits per heavy atom. The number of rotatable bonds is 78. The van der Waals surface area contributed by atoms with Gasteiger partial charge >= 0.3 is 39.5 Å². The number of hydrogen-bond donors (Lipinski definition) is 3. The number of carbonyl (C=O) groups is 4. The van der Waals surface area contributed by atoms with E-state index in [9.17, 15) is 43.2 Å². The minimum atomic E-state index is -4.96. The third-order valence-electron chi connectivity index (χ3n) is 18.8. The van der Waals surface area contributed by atoms with Crippen molar-refractivity contribution in [3.8, 4) is 0 Å². The largest absolute Gasteiger partial charge is 0.472 e. The monoisotopic (exact) mass is 1440 g/mol. The van der Waals surface area contributed by atoms with E-state index in [4.69, 9.17) is 37.0 Å². The summed E-state index contributed by atoms with van der Waals surface area (Å²) in [5, 5.41) is 10.6. The molecule has 0 aliphatic heterocycles. The minimum absolute atomic E-state index is 0.107. The fraction of sp³-hybridized carbons (Fsp3) is 0.949. The first-order valence-corrected chi connectivity index (χ1v) is 44.0. The van der Waals surface area contributed by atoms with Gasteiger partial charge in [-0.1, -0.05) is 363 Å². The third kappa shape index (κ3) is 71.1. The minimum Gasteiger partial charge on any atom is -0.462 e. The topological polar surface area (TPSA) is 237 Å². The van der Waals surface area contributed by atoms with Gasteiger partial charge in [0.1, 0.15) is 19.3 Å². The highest BCUT2D eigenvalue weighted by molar-refractivity contribution is 7.47. The summed E-state index contributed by atoms with van der Waals surface area (Å²) in [7, 11) is -9.91. The van der Waals surface area contributed by atoms with Gasteiger partial charge in [-0.25, -0.2) is 9.13 Å². The molecular weight excluding hydrogens is 1280 g/mol. The maximum atomic E-state index is 13.1. The fourth-order valence-corrected chi connectivity index (χ4v) is 13.7. The Morgan fingerprint density at radius 3 is 0.776 bits per heavy atom. The number of unbranched alkanes of at least 4 members (excludes halogenated alkanes) is 47. The van der Waals surface area contributed by atoms with Gasteiger partial charge in [-0.3, -0.25) is 37.3 Å². The van der Waals surface area contributed by atoms with Crippen LogP contribution in [0.1, 0.15) is 414 Å². The van der Waals surface area contributed by atoms with Gasteiger partial charge < -0.3 is 33.8 Å². The lowest BCUT2D eigenvalue weighted by Crippen LogP contribution is -2.30. The van der Waals surface area contributed by atoms with E-state index in [0.29, 0.717) is 25.7 Å². The molecule has 0 amide bonds. The standard InChI is InChI=1S/C79H154O17P2/c1-7-10-12-14-16-18-30-39-45-51-57-63-78(83)95-74(67-89-76(81)61-55-49-43-37-19-17-15-13-11-8-2)69-93-97(85,86)91-65-73(80)66-92-98(87,88)94-70-75(68-90-77(82)62-56-50-44-38-33-29-28-31-35-41-47-53-59-71(4)5)96-79(84)64-58-52-46-40-34-27-25-23-21-20-22-24-26-32-36-42-48-54-60-72(6)9-3/h71-75,80H,7-70H2,1-6H3,(H,85,86)(H,87,88)/t72?,73-,74+,75+/m0/s1. The van der Waals surface area contributed by atoms with Crippen molar-refractivity contribution in [2.45, 2.75) is 432 Å². The van der Waals surface area contributed by atoms with Crippen molar-refractivity contribution in [2.75, 3.05) is 39.6 Å². The Labute approximate surface area is 600 Å². The molecule has 19 heteroatoms. The Morgan fingerprint density at radius 2 is 0.520 bits per heavy atom. The molecule has 0 aromatic heterocycles. The quantitative estimate of drug-likeness (QED) is 0.0222. The van der Waals surface area contributed by atoms with Gasteiger partial charge in [-0.15, -0.1) is 0 Å². The highest BCUT2D eigenvalue weighted by atomic mass is 31.2. The maximum Gasteiger partial charge on any atom is 0.472 e. The molecule has 0 aromatic carbocycles. The molecule has 3 N–H and O–H groups in total. The van der Waals surface area contributed by atoms with E-state index in [1.54, 1.807) is 0 Å². The summed E-state index contributed by atoms with van der Waals surface area (Å²) in [4.78, 5) is 72.9. The fourth-order valence-electron chi connectivity index (χ4n) is 12.2. The number of esters is 4. The summed E-state index contributed by atoms with van der Waals surface area (Å²) < 4.78 is 68.6. The van der Waals surface area contributed by atoms with E-state index in [1.807, 2.05) is 0 Å². The van der Waals surface area contributed by atoms with Crippen LogP contribution in [0.5, 0.6) is 0 Å². The van der Waals surface area contributed by atoms with Crippen LogP contribution in [0.4, 0.5) is 0 Å². The molecule has 0 bridgehead atoms. The molecule has 0 radical (unpaired) electrons. The van der Waals surface area contributed by atoms with Crippen LogP contribution < -0.4 is 0 Å². The number of phosphoric ester groups is 2. The predicted octanol–water partition coefficient (Wildman–Crippen LogP) is 23.5. The average molecular weight is 1440 g/mol. The van der Waals surface area contributed by atoms with Gasteiger partial charge in [0, 0.05) is 25.7 Å². The van der Waals surface area contributed by atoms with E-state index >= 15 is 0 Å². The number of ether oxygens (including phenoxy) is 4. The summed E-state index contributed by atoms with van der Waals surface area (Å²) in [6.07, 6.45) is 59.6. The van der Waals surface area contributed by atoms with Gasteiger partial charge in [-0.05, 0) is 37.5 Å². The molecule has 3 unspecified atom stereocenters. The second-order valence-corrected chi connectivity index (χ2v) is 32.1. The van der Waals surface area contributed by atoms with Crippen LogP contribution in [0, 0.1) is 11.8 Å². The number of phosphoric acid groups is 2. The third-order valence-corrected chi connectivity index (χ3v) is 20.7. The van der Waals surface area contributed by atoms with E-state index < -0.39 is 97.5 Å². The summed E-state index contributed by atoms with van der Waals surface area (Å²) in [5.74, 6) is -0.459. The van der Waals surface area contributed by atoms with Gasteiger partial charge in [0.25, 0.3) is 0 Å². The first-order chi connectivity index (χ1) is 47.4. The lowest BCUT2D eigenvalue weighted by atomic mass is 9.99. The zero-order valence-corrected chi connectivity index (χ0v) is 65.9. The van der Waals surface area contributed by atoms with Gasteiger partial charge in [-0.2, -0.15) is 0 Å². The molecule has 0 aliphatic rings. The normalized spacial score (nSPS) is 14.2. The molecule has 6 atom stereocenters. The molecule has 0 saturated carbocycles. The summed E-state index contributed by atoms with van der Waals surface area (Å²) >= 11 is 0. The van der Waals surface area contributed by atoms with E-state index in [1.165, 1.54) is 231 Å². The molecule has 0 fully saturated rings. The molecular formula is C79H154O17P2. The van der Waals surface area contributed by atoms with Crippen molar-refractivity contribution in [2.24, 2.45) is 11.8 Å². The van der Waals surface area contributed by atoms with E-state index in [2.05, 4.69) is 41.5 Å². The number of hydrogen-bond acceptors (Lipinski definition) is 15. The first kappa shape index (κ1) is 96.1. The van der Waals surface area contributed by atoms with Gasteiger partial charge in [0.05, 0.1) is 26.4 Å². The van der Waals surface area contributed by atoms with Gasteiger partial charge in [0.15, 0.2) is 12.2 Å². The summed E-state index contributed by atoms with van der Waals surface area (Å²) in [6, 6.07) is 0. The lowest BCUT2D eigenvalue weighted by molar-refractivity contribution is -0.161. The lowest BCUT2D eigenvalue weighted by Gasteiger charge is -2.21. The molecule has 0 spiro atoms. The van der Waals surface area contributed by atoms with E-state index in [-0.39, 0.29) is 25.7 Å². The predicted molar refractivity (Wildman–Crippen MR) is 400 cm³/mol. The number of carbonyl (C=O) groups excluding carboxylic acids is 4. The van der Waals surface area contributed by atoms with Crippen LogP contribution >= 0.6 is 15.6 Å². The van der Waals surface area contributed by atoms with Crippen molar-refractivity contribution >= 4 is 39.5 Å². The number of aliphatic hydroxyl groups excluding tert-OH is 1. The van der Waals surface area contributed by atoms with Crippen molar-refractivity contribution < 1.29 is 80.2 Å². The van der Waals surface area contributed by atoms with Crippen LogP contribution in [0.2, 0.25) is 0 Å². The van der Waals surface area contributed by atoms with Crippen LogP contribution in [0.15, 0.2) is 0 Å². The SMILES string of the molecule is CCCCCCCCCCCCCC(=O)O[C@H](COC(=O)CCCCCCCCCCCC)COP(=O)(O)OC[C@H](O)COP(=O)(O)OC[C@@H](COC(=O)CCCCCCCCCCCCCCC(C)C)OC(=O)CCCCCCCCCCCCCCCCCCCCC(C)CC. The Hall–Kier alpha value is -1.94. The highest BCUT2D eigenvalue weighted by Crippen LogP contribution is 2.45. The zero-order chi connectivity index (χ0) is 72.1. The Balaban J connectivity index is 5.19. The second kappa shape index (κ2) is 70.7.